The van der Waals surface area contributed by atoms with Crippen LogP contribution in [0.1, 0.15) is 6.92 Å². The highest BCUT2D eigenvalue weighted by molar-refractivity contribution is 5.81. The number of morpholine rings is 1. The molecule has 7 nitrogen and oxygen atoms in total. The number of carbonyl (C=O) groups is 2. The second kappa shape index (κ2) is 8.81. The van der Waals surface area contributed by atoms with E-state index in [2.05, 4.69) is 0 Å². The summed E-state index contributed by atoms with van der Waals surface area (Å²) in [6, 6.07) is -0.626. The van der Waals surface area contributed by atoms with E-state index in [1.54, 1.807) is 11.8 Å². The third-order valence-corrected chi connectivity index (χ3v) is 4.52. The van der Waals surface area contributed by atoms with Gasteiger partial charge in [0.25, 0.3) is 0 Å². The van der Waals surface area contributed by atoms with Crippen LogP contribution in [0.3, 0.4) is 0 Å². The van der Waals surface area contributed by atoms with Crippen molar-refractivity contribution in [1.29, 1.82) is 0 Å². The average Bonchev–Trinajstić information content (AvgIpc) is 2.60. The van der Waals surface area contributed by atoms with E-state index in [1.165, 1.54) is 0 Å². The molecule has 2 aliphatic rings. The number of nitrogens with zero attached hydrogens (tertiary/aromatic N) is 3. The van der Waals surface area contributed by atoms with Crippen molar-refractivity contribution in [3.8, 4) is 0 Å². The fourth-order valence-electron chi connectivity index (χ4n) is 2.91. The third kappa shape index (κ3) is 6.44. The summed E-state index contributed by atoms with van der Waals surface area (Å²) in [5.41, 5.74) is 0. The lowest BCUT2D eigenvalue weighted by Gasteiger charge is -2.38. The van der Waals surface area contributed by atoms with E-state index >= 15 is 0 Å². The number of nitrogens with one attached hydrogen (secondary N) is 1. The first kappa shape index (κ1) is 19.9. The summed E-state index contributed by atoms with van der Waals surface area (Å²) in [4.78, 5) is 29.7. The summed E-state index contributed by atoms with van der Waals surface area (Å²) in [5, 5.41) is 1.91. The van der Waals surface area contributed by atoms with Gasteiger partial charge >= 0.3 is 6.18 Å². The minimum absolute atomic E-state index is 0.0627. The highest BCUT2D eigenvalue weighted by atomic mass is 19.4. The van der Waals surface area contributed by atoms with Gasteiger partial charge in [-0.25, -0.2) is 0 Å². The van der Waals surface area contributed by atoms with E-state index in [4.69, 9.17) is 4.74 Å². The van der Waals surface area contributed by atoms with E-state index in [0.717, 1.165) is 0 Å². The smallest absolute Gasteiger partial charge is 0.378 e. The number of hydrogen-bond donors (Lipinski definition) is 1. The SMILES string of the molecule is CC(C(=O)NCC(F)(F)F)N1CCN(CC(=O)N2CCOCC2)CC1. The zero-order valence-electron chi connectivity index (χ0n) is 14.3. The number of amides is 2. The first-order chi connectivity index (χ1) is 11.8. The second-order valence-corrected chi connectivity index (χ2v) is 6.31. The molecular formula is C15H25F3N4O3. The fourth-order valence-corrected chi connectivity index (χ4v) is 2.91. The van der Waals surface area contributed by atoms with Crippen LogP contribution in [0.5, 0.6) is 0 Å². The van der Waals surface area contributed by atoms with Gasteiger partial charge in [-0.3, -0.25) is 19.4 Å². The van der Waals surface area contributed by atoms with Gasteiger partial charge in [-0.2, -0.15) is 13.2 Å². The summed E-state index contributed by atoms with van der Waals surface area (Å²) in [6.07, 6.45) is -4.41. The van der Waals surface area contributed by atoms with Gasteiger partial charge in [0.05, 0.1) is 25.8 Å². The van der Waals surface area contributed by atoms with Crippen molar-refractivity contribution in [3.63, 3.8) is 0 Å². The fraction of sp³-hybridized carbons (Fsp3) is 0.867. The van der Waals surface area contributed by atoms with E-state index in [1.807, 2.05) is 15.1 Å². The molecule has 0 aliphatic carbocycles. The van der Waals surface area contributed by atoms with Gasteiger partial charge in [-0.05, 0) is 6.92 Å². The average molecular weight is 366 g/mol. The van der Waals surface area contributed by atoms with Crippen molar-refractivity contribution < 1.29 is 27.5 Å². The predicted octanol–water partition coefficient (Wildman–Crippen LogP) is -0.470. The molecule has 0 radical (unpaired) electrons. The molecular weight excluding hydrogens is 341 g/mol. The summed E-state index contributed by atoms with van der Waals surface area (Å²) in [7, 11) is 0. The summed E-state index contributed by atoms with van der Waals surface area (Å²) in [6.45, 7) is 5.22. The molecule has 0 aromatic carbocycles. The van der Waals surface area contributed by atoms with Crippen LogP contribution < -0.4 is 5.32 Å². The maximum Gasteiger partial charge on any atom is 0.405 e. The van der Waals surface area contributed by atoms with Crippen LogP contribution in [-0.2, 0) is 14.3 Å². The Kier molecular flexibility index (Phi) is 7.03. The van der Waals surface area contributed by atoms with Gasteiger partial charge in [0.15, 0.2) is 0 Å². The molecule has 25 heavy (non-hydrogen) atoms. The number of rotatable bonds is 5. The highest BCUT2D eigenvalue weighted by Gasteiger charge is 2.31. The van der Waals surface area contributed by atoms with E-state index in [-0.39, 0.29) is 5.91 Å². The molecule has 1 unspecified atom stereocenters. The molecule has 2 saturated heterocycles. The Hall–Kier alpha value is -1.39. The number of piperazine rings is 1. The Bertz CT molecular complexity index is 461. The van der Waals surface area contributed by atoms with Crippen molar-refractivity contribution in [2.45, 2.75) is 19.1 Å². The van der Waals surface area contributed by atoms with Crippen molar-refractivity contribution in [1.82, 2.24) is 20.0 Å². The number of hydrogen-bond acceptors (Lipinski definition) is 5. The van der Waals surface area contributed by atoms with Crippen LogP contribution in [-0.4, -0.2) is 104 Å². The molecule has 0 bridgehead atoms. The maximum atomic E-state index is 12.2. The van der Waals surface area contributed by atoms with Gasteiger partial charge in [0.1, 0.15) is 6.54 Å². The quantitative estimate of drug-likeness (QED) is 0.713. The van der Waals surface area contributed by atoms with Crippen LogP contribution in [0.15, 0.2) is 0 Å². The first-order valence-corrected chi connectivity index (χ1v) is 8.42. The van der Waals surface area contributed by atoms with Gasteiger partial charge in [0.2, 0.25) is 11.8 Å². The van der Waals surface area contributed by atoms with E-state index < -0.39 is 24.7 Å². The summed E-state index contributed by atoms with van der Waals surface area (Å²) >= 11 is 0. The molecule has 2 rings (SSSR count). The Morgan fingerprint density at radius 1 is 1.08 bits per heavy atom. The Balaban J connectivity index is 1.71. The number of alkyl halides is 3. The first-order valence-electron chi connectivity index (χ1n) is 8.42. The molecule has 0 spiro atoms. The molecule has 2 amide bonds. The monoisotopic (exact) mass is 366 g/mol. The standard InChI is InChI=1S/C15H25F3N4O3/c1-12(14(24)19-11-15(16,17)18)21-4-2-20(3-5-21)10-13(23)22-6-8-25-9-7-22/h12H,2-11H2,1H3,(H,19,24). The third-order valence-electron chi connectivity index (χ3n) is 4.52. The molecule has 2 fully saturated rings. The van der Waals surface area contributed by atoms with Crippen molar-refractivity contribution in [2.75, 3.05) is 65.6 Å². The second-order valence-electron chi connectivity index (χ2n) is 6.31. The molecule has 2 aliphatic heterocycles. The Morgan fingerprint density at radius 2 is 1.68 bits per heavy atom. The molecule has 0 aromatic rings. The largest absolute Gasteiger partial charge is 0.405 e. The van der Waals surface area contributed by atoms with Gasteiger partial charge < -0.3 is 15.0 Å². The summed E-state index contributed by atoms with van der Waals surface area (Å²) < 4.78 is 41.7. The molecule has 0 aromatic heterocycles. The lowest BCUT2D eigenvalue weighted by molar-refractivity contribution is -0.142. The number of halogens is 3. The maximum absolute atomic E-state index is 12.2. The normalized spacial score (nSPS) is 21.8. The van der Waals surface area contributed by atoms with Crippen molar-refractivity contribution in [2.24, 2.45) is 0 Å². The van der Waals surface area contributed by atoms with Crippen molar-refractivity contribution >= 4 is 11.8 Å². The number of ether oxygens (including phenoxy) is 1. The summed E-state index contributed by atoms with van der Waals surface area (Å²) in [5.74, 6) is -0.567. The zero-order valence-corrected chi connectivity index (χ0v) is 14.3. The van der Waals surface area contributed by atoms with Crippen LogP contribution in [0.2, 0.25) is 0 Å². The predicted molar refractivity (Wildman–Crippen MR) is 83.9 cm³/mol. The lowest BCUT2D eigenvalue weighted by Crippen LogP contribution is -2.56. The van der Waals surface area contributed by atoms with Gasteiger partial charge in [-0.15, -0.1) is 0 Å². The topological polar surface area (TPSA) is 65.1 Å². The van der Waals surface area contributed by atoms with Crippen molar-refractivity contribution in [3.05, 3.63) is 0 Å². The minimum Gasteiger partial charge on any atom is -0.378 e. The van der Waals surface area contributed by atoms with Crippen LogP contribution in [0.25, 0.3) is 0 Å². The Labute approximate surface area is 145 Å². The molecule has 1 N–H and O–H groups in total. The highest BCUT2D eigenvalue weighted by Crippen LogP contribution is 2.13. The molecule has 0 saturated carbocycles. The Morgan fingerprint density at radius 3 is 2.24 bits per heavy atom. The van der Waals surface area contributed by atoms with Crippen LogP contribution in [0.4, 0.5) is 13.2 Å². The van der Waals surface area contributed by atoms with Gasteiger partial charge in [-0.1, -0.05) is 0 Å². The van der Waals surface area contributed by atoms with Crippen LogP contribution >= 0.6 is 0 Å². The molecule has 144 valence electrons. The van der Waals surface area contributed by atoms with E-state index in [0.29, 0.717) is 59.0 Å². The van der Waals surface area contributed by atoms with E-state index in [9.17, 15) is 22.8 Å². The lowest BCUT2D eigenvalue weighted by atomic mass is 10.2. The van der Waals surface area contributed by atoms with Gasteiger partial charge in [0, 0.05) is 39.3 Å². The molecule has 2 heterocycles. The number of carbonyl (C=O) groups excluding carboxylic acids is 2. The minimum atomic E-state index is -4.41. The zero-order chi connectivity index (χ0) is 18.4. The molecule has 10 heteroatoms. The molecule has 1 atom stereocenters. The van der Waals surface area contributed by atoms with Crippen LogP contribution in [0, 0.1) is 0 Å².